The Labute approximate surface area is 115 Å². The van der Waals surface area contributed by atoms with Gasteiger partial charge in [0.25, 0.3) is 0 Å². The molecule has 3 heteroatoms. The van der Waals surface area contributed by atoms with Gasteiger partial charge in [0.15, 0.2) is 0 Å². The molecule has 0 unspecified atom stereocenters. The monoisotopic (exact) mass is 259 g/mol. The van der Waals surface area contributed by atoms with Crippen molar-refractivity contribution in [1.82, 2.24) is 0 Å². The summed E-state index contributed by atoms with van der Waals surface area (Å²) in [7, 11) is 0. The smallest absolute Gasteiger partial charge is 0.0717 e. The quantitative estimate of drug-likeness (QED) is 0.840. The molecule has 0 aromatic heterocycles. The summed E-state index contributed by atoms with van der Waals surface area (Å²) in [5, 5.41) is 0. The first-order valence-corrected chi connectivity index (χ1v) is 6.82. The van der Waals surface area contributed by atoms with Crippen molar-refractivity contribution >= 4 is 0 Å². The van der Waals surface area contributed by atoms with E-state index in [1.54, 1.807) is 0 Å². The van der Waals surface area contributed by atoms with Gasteiger partial charge in [0.05, 0.1) is 19.8 Å². The van der Waals surface area contributed by atoms with Gasteiger partial charge in [-0.1, -0.05) is 24.0 Å². The first-order valence-electron chi connectivity index (χ1n) is 6.82. The molecule has 3 nitrogen and oxygen atoms in total. The number of hydrogen-bond donors (Lipinski definition) is 1. The summed E-state index contributed by atoms with van der Waals surface area (Å²) in [4.78, 5) is 0. The van der Waals surface area contributed by atoms with Crippen LogP contribution < -0.4 is 5.73 Å². The van der Waals surface area contributed by atoms with Gasteiger partial charge in [-0.3, -0.25) is 0 Å². The number of hydrogen-bond acceptors (Lipinski definition) is 3. The third-order valence-electron chi connectivity index (χ3n) is 3.25. The molecule has 0 spiro atoms. The molecule has 1 fully saturated rings. The van der Waals surface area contributed by atoms with E-state index >= 15 is 0 Å². The molecule has 0 aliphatic carbocycles. The van der Waals surface area contributed by atoms with E-state index < -0.39 is 0 Å². The number of rotatable bonds is 4. The van der Waals surface area contributed by atoms with Crippen molar-refractivity contribution in [3.8, 4) is 11.8 Å². The first kappa shape index (κ1) is 14.1. The Morgan fingerprint density at radius 3 is 2.63 bits per heavy atom. The molecular weight excluding hydrogens is 238 g/mol. The Kier molecular flexibility index (Phi) is 5.90. The van der Waals surface area contributed by atoms with E-state index in [-0.39, 0.29) is 0 Å². The summed E-state index contributed by atoms with van der Waals surface area (Å²) in [6, 6.07) is 8.14. The molecule has 1 aromatic carbocycles. The molecule has 102 valence electrons. The molecule has 19 heavy (non-hydrogen) atoms. The Balaban J connectivity index is 1.73. The van der Waals surface area contributed by atoms with Gasteiger partial charge in [0.2, 0.25) is 0 Å². The Morgan fingerprint density at radius 2 is 1.95 bits per heavy atom. The van der Waals surface area contributed by atoms with Crippen molar-refractivity contribution in [2.75, 3.05) is 26.4 Å². The van der Waals surface area contributed by atoms with Gasteiger partial charge >= 0.3 is 0 Å². The zero-order chi connectivity index (χ0) is 13.3. The second kappa shape index (κ2) is 7.96. The maximum atomic E-state index is 5.77. The number of ether oxygens (including phenoxy) is 2. The topological polar surface area (TPSA) is 44.5 Å². The van der Waals surface area contributed by atoms with Crippen LogP contribution >= 0.6 is 0 Å². The number of nitrogens with two attached hydrogens (primary N) is 1. The summed E-state index contributed by atoms with van der Waals surface area (Å²) in [5.74, 6) is 6.51. The third-order valence-corrected chi connectivity index (χ3v) is 3.25. The molecule has 0 bridgehead atoms. The maximum Gasteiger partial charge on any atom is 0.0717 e. The minimum absolute atomic E-state index is 0.399. The molecule has 0 saturated carbocycles. The average Bonchev–Trinajstić information content (AvgIpc) is 2.47. The minimum atomic E-state index is 0.399. The van der Waals surface area contributed by atoms with Gasteiger partial charge in [0.1, 0.15) is 0 Å². The summed E-state index contributed by atoms with van der Waals surface area (Å²) < 4.78 is 11.1. The Bertz CT molecular complexity index is 424. The zero-order valence-electron chi connectivity index (χ0n) is 11.2. The van der Waals surface area contributed by atoms with Crippen molar-refractivity contribution in [3.63, 3.8) is 0 Å². The van der Waals surface area contributed by atoms with E-state index in [2.05, 4.69) is 24.0 Å². The molecule has 1 saturated heterocycles. The van der Waals surface area contributed by atoms with Crippen LogP contribution in [-0.2, 0) is 16.1 Å². The molecule has 2 N–H and O–H groups in total. The highest BCUT2D eigenvalue weighted by Gasteiger charge is 2.13. The zero-order valence-corrected chi connectivity index (χ0v) is 11.2. The van der Waals surface area contributed by atoms with Gasteiger partial charge in [-0.05, 0) is 36.5 Å². The second-order valence-corrected chi connectivity index (χ2v) is 4.77. The lowest BCUT2D eigenvalue weighted by Gasteiger charge is -2.21. The minimum Gasteiger partial charge on any atom is -0.381 e. The maximum absolute atomic E-state index is 5.77. The molecule has 1 aromatic rings. The Hall–Kier alpha value is -1.34. The summed E-state index contributed by atoms with van der Waals surface area (Å²) in [5.41, 5.74) is 7.52. The van der Waals surface area contributed by atoms with Crippen LogP contribution in [0.1, 0.15) is 24.0 Å². The van der Waals surface area contributed by atoms with E-state index in [1.165, 1.54) is 5.56 Å². The van der Waals surface area contributed by atoms with Crippen LogP contribution in [0.15, 0.2) is 24.3 Å². The van der Waals surface area contributed by atoms with Crippen LogP contribution in [0.25, 0.3) is 0 Å². The molecule has 0 amide bonds. The van der Waals surface area contributed by atoms with Crippen LogP contribution in [0.5, 0.6) is 0 Å². The second-order valence-electron chi connectivity index (χ2n) is 4.77. The van der Waals surface area contributed by atoms with Gasteiger partial charge in [-0.25, -0.2) is 0 Å². The van der Waals surface area contributed by atoms with Crippen LogP contribution in [0.3, 0.4) is 0 Å². The molecule has 1 aliphatic heterocycles. The highest BCUT2D eigenvalue weighted by Crippen LogP contribution is 2.15. The molecular formula is C16H21NO2. The average molecular weight is 259 g/mol. The van der Waals surface area contributed by atoms with E-state index in [1.807, 2.05) is 12.1 Å². The molecule has 1 heterocycles. The van der Waals surface area contributed by atoms with Crippen molar-refractivity contribution in [1.29, 1.82) is 0 Å². The predicted octanol–water partition coefficient (Wildman–Crippen LogP) is 1.94. The fourth-order valence-corrected chi connectivity index (χ4v) is 2.09. The van der Waals surface area contributed by atoms with E-state index in [0.717, 1.165) is 38.2 Å². The number of benzene rings is 1. The van der Waals surface area contributed by atoms with Crippen molar-refractivity contribution in [2.24, 2.45) is 11.7 Å². The van der Waals surface area contributed by atoms with Gasteiger partial charge in [0, 0.05) is 18.8 Å². The van der Waals surface area contributed by atoms with Crippen molar-refractivity contribution in [2.45, 2.75) is 19.4 Å². The van der Waals surface area contributed by atoms with Gasteiger partial charge in [-0.2, -0.15) is 0 Å². The highest BCUT2D eigenvalue weighted by atomic mass is 16.5. The lowest BCUT2D eigenvalue weighted by Crippen LogP contribution is -2.20. The fraction of sp³-hybridized carbons (Fsp3) is 0.500. The van der Waals surface area contributed by atoms with Crippen LogP contribution in [0, 0.1) is 17.8 Å². The summed E-state index contributed by atoms with van der Waals surface area (Å²) in [6.45, 7) is 3.65. The standard InChI is InChI=1S/C16H21NO2/c17-9-1-2-14-3-5-15(6-4-14)12-19-13-16-7-10-18-11-8-16/h3-6,16H,7-13,17H2. The predicted molar refractivity (Wildman–Crippen MR) is 75.6 cm³/mol. The van der Waals surface area contributed by atoms with E-state index in [0.29, 0.717) is 19.1 Å². The van der Waals surface area contributed by atoms with E-state index in [9.17, 15) is 0 Å². The van der Waals surface area contributed by atoms with Gasteiger partial charge < -0.3 is 15.2 Å². The first-order chi connectivity index (χ1) is 9.38. The fourth-order valence-electron chi connectivity index (χ4n) is 2.09. The molecule has 1 aliphatic rings. The van der Waals surface area contributed by atoms with Crippen LogP contribution in [0.2, 0.25) is 0 Å². The largest absolute Gasteiger partial charge is 0.381 e. The van der Waals surface area contributed by atoms with Crippen molar-refractivity contribution in [3.05, 3.63) is 35.4 Å². The molecule has 0 atom stereocenters. The van der Waals surface area contributed by atoms with Gasteiger partial charge in [-0.15, -0.1) is 0 Å². The Morgan fingerprint density at radius 1 is 1.21 bits per heavy atom. The normalized spacial score (nSPS) is 15.8. The van der Waals surface area contributed by atoms with Crippen molar-refractivity contribution < 1.29 is 9.47 Å². The summed E-state index contributed by atoms with van der Waals surface area (Å²) >= 11 is 0. The van der Waals surface area contributed by atoms with E-state index in [4.69, 9.17) is 15.2 Å². The lowest BCUT2D eigenvalue weighted by molar-refractivity contribution is 0.0157. The third kappa shape index (κ3) is 5.04. The lowest BCUT2D eigenvalue weighted by atomic mass is 10.0. The SMILES string of the molecule is NCC#Cc1ccc(COCC2CCOCC2)cc1. The highest BCUT2D eigenvalue weighted by molar-refractivity contribution is 5.36. The van der Waals surface area contributed by atoms with Crippen LogP contribution in [-0.4, -0.2) is 26.4 Å². The van der Waals surface area contributed by atoms with Crippen LogP contribution in [0.4, 0.5) is 0 Å². The summed E-state index contributed by atoms with van der Waals surface area (Å²) in [6.07, 6.45) is 2.24. The molecule has 2 rings (SSSR count). The molecule has 0 radical (unpaired) electrons.